The maximum Gasteiger partial charge on any atom is 0.342 e. The second-order valence-corrected chi connectivity index (χ2v) is 6.05. The van der Waals surface area contributed by atoms with Gasteiger partial charge in [-0.15, -0.1) is 0 Å². The van der Waals surface area contributed by atoms with Gasteiger partial charge in [-0.2, -0.15) is 5.10 Å². The fourth-order valence-corrected chi connectivity index (χ4v) is 2.34. The van der Waals surface area contributed by atoms with Crippen LogP contribution in [-0.4, -0.2) is 47.3 Å². The largest absolute Gasteiger partial charge is 0.452 e. The molecular weight excluding hydrogens is 306 g/mol. The molecule has 1 amide bonds. The molecule has 0 spiro atoms. The zero-order valence-electron chi connectivity index (χ0n) is 14.8. The van der Waals surface area contributed by atoms with Gasteiger partial charge in [-0.25, -0.2) is 4.79 Å². The quantitative estimate of drug-likeness (QED) is 0.788. The van der Waals surface area contributed by atoms with E-state index in [1.54, 1.807) is 25.7 Å². The third-order valence-corrected chi connectivity index (χ3v) is 3.86. The van der Waals surface area contributed by atoms with Crippen LogP contribution in [0.4, 0.5) is 0 Å². The Balaban J connectivity index is 2.14. The molecule has 0 atom stereocenters. The van der Waals surface area contributed by atoms with E-state index in [1.165, 1.54) is 10.5 Å². The first kappa shape index (κ1) is 17.7. The number of hydrogen-bond donors (Lipinski definition) is 0. The van der Waals surface area contributed by atoms with Crippen LogP contribution in [0.5, 0.6) is 0 Å². The van der Waals surface area contributed by atoms with E-state index in [0.717, 1.165) is 11.3 Å². The third kappa shape index (κ3) is 4.01. The molecule has 0 aliphatic carbocycles. The van der Waals surface area contributed by atoms with E-state index in [-0.39, 0.29) is 12.5 Å². The number of carbonyl (C=O) groups is 2. The van der Waals surface area contributed by atoms with Crippen LogP contribution in [0.3, 0.4) is 0 Å². The first-order chi connectivity index (χ1) is 11.3. The average molecular weight is 329 g/mol. The SMILES string of the molecule is Cc1ccc(Cn2nc(C)c(C(=O)OCC(=O)N(C)C)c2C)cc1. The topological polar surface area (TPSA) is 64.4 Å². The maximum absolute atomic E-state index is 12.3. The van der Waals surface area contributed by atoms with Crippen molar-refractivity contribution in [2.24, 2.45) is 0 Å². The molecule has 128 valence electrons. The summed E-state index contributed by atoms with van der Waals surface area (Å²) in [7, 11) is 3.23. The summed E-state index contributed by atoms with van der Waals surface area (Å²) in [5.74, 6) is -0.777. The third-order valence-electron chi connectivity index (χ3n) is 3.86. The van der Waals surface area contributed by atoms with Gasteiger partial charge in [0.2, 0.25) is 0 Å². The minimum atomic E-state index is -0.518. The van der Waals surface area contributed by atoms with E-state index in [9.17, 15) is 9.59 Å². The molecule has 0 fully saturated rings. The number of aromatic nitrogens is 2. The Morgan fingerprint density at radius 1 is 1.12 bits per heavy atom. The van der Waals surface area contributed by atoms with Gasteiger partial charge in [0, 0.05) is 14.1 Å². The summed E-state index contributed by atoms with van der Waals surface area (Å²) in [6, 6.07) is 8.17. The smallest absolute Gasteiger partial charge is 0.342 e. The fraction of sp³-hybridized carbons (Fsp3) is 0.389. The Hall–Kier alpha value is -2.63. The van der Waals surface area contributed by atoms with Crippen LogP contribution in [0.2, 0.25) is 0 Å². The molecule has 0 bridgehead atoms. The predicted octanol–water partition coefficient (Wildman–Crippen LogP) is 2.10. The Morgan fingerprint density at radius 2 is 1.75 bits per heavy atom. The standard InChI is InChI=1S/C18H23N3O3/c1-12-6-8-15(9-7-12)10-21-14(3)17(13(2)19-21)18(23)24-11-16(22)20(4)5/h6-9H,10-11H2,1-5H3. The van der Waals surface area contributed by atoms with Crippen molar-refractivity contribution in [1.29, 1.82) is 0 Å². The molecule has 0 aliphatic rings. The number of likely N-dealkylation sites (N-methyl/N-ethyl adjacent to an activating group) is 1. The normalized spacial score (nSPS) is 10.5. The van der Waals surface area contributed by atoms with Crippen molar-refractivity contribution < 1.29 is 14.3 Å². The van der Waals surface area contributed by atoms with Crippen LogP contribution in [-0.2, 0) is 16.1 Å². The summed E-state index contributed by atoms with van der Waals surface area (Å²) < 4.78 is 6.89. The van der Waals surface area contributed by atoms with Crippen molar-refractivity contribution in [3.63, 3.8) is 0 Å². The molecule has 0 saturated heterocycles. The van der Waals surface area contributed by atoms with Crippen molar-refractivity contribution in [1.82, 2.24) is 14.7 Å². The predicted molar refractivity (Wildman–Crippen MR) is 91.0 cm³/mol. The molecule has 0 aliphatic heterocycles. The Labute approximate surface area is 142 Å². The van der Waals surface area contributed by atoms with Crippen LogP contribution in [0.1, 0.15) is 32.9 Å². The molecule has 6 nitrogen and oxygen atoms in total. The highest BCUT2D eigenvalue weighted by molar-refractivity contribution is 5.93. The first-order valence-electron chi connectivity index (χ1n) is 7.76. The molecule has 0 N–H and O–H groups in total. The molecule has 24 heavy (non-hydrogen) atoms. The van der Waals surface area contributed by atoms with Gasteiger partial charge in [0.15, 0.2) is 6.61 Å². The van der Waals surface area contributed by atoms with Gasteiger partial charge in [0.05, 0.1) is 17.9 Å². The van der Waals surface area contributed by atoms with Gasteiger partial charge in [-0.3, -0.25) is 9.48 Å². The zero-order valence-corrected chi connectivity index (χ0v) is 14.8. The summed E-state index contributed by atoms with van der Waals surface area (Å²) >= 11 is 0. The number of nitrogens with zero attached hydrogens (tertiary/aromatic N) is 3. The van der Waals surface area contributed by atoms with E-state index >= 15 is 0 Å². The average Bonchev–Trinajstić information content (AvgIpc) is 2.81. The number of esters is 1. The van der Waals surface area contributed by atoms with Gasteiger partial charge < -0.3 is 9.64 Å². The van der Waals surface area contributed by atoms with E-state index in [1.807, 2.05) is 38.1 Å². The van der Waals surface area contributed by atoms with E-state index in [0.29, 0.717) is 17.8 Å². The Bertz CT molecular complexity index is 746. The molecule has 1 aromatic carbocycles. The molecule has 1 aromatic heterocycles. The Morgan fingerprint density at radius 3 is 2.33 bits per heavy atom. The molecular formula is C18H23N3O3. The summed E-state index contributed by atoms with van der Waals surface area (Å²) in [6.45, 7) is 5.95. The van der Waals surface area contributed by atoms with Crippen LogP contribution in [0.25, 0.3) is 0 Å². The van der Waals surface area contributed by atoms with Gasteiger partial charge in [-0.1, -0.05) is 29.8 Å². The number of ether oxygens (including phenoxy) is 1. The van der Waals surface area contributed by atoms with Crippen molar-refractivity contribution >= 4 is 11.9 Å². The Kier molecular flexibility index (Phi) is 5.39. The molecule has 1 heterocycles. The minimum Gasteiger partial charge on any atom is -0.452 e. The highest BCUT2D eigenvalue weighted by Crippen LogP contribution is 2.16. The van der Waals surface area contributed by atoms with Gasteiger partial charge in [0.1, 0.15) is 5.56 Å². The highest BCUT2D eigenvalue weighted by atomic mass is 16.5. The van der Waals surface area contributed by atoms with Crippen molar-refractivity contribution in [2.75, 3.05) is 20.7 Å². The molecule has 2 aromatic rings. The van der Waals surface area contributed by atoms with E-state index in [4.69, 9.17) is 4.74 Å². The van der Waals surface area contributed by atoms with Gasteiger partial charge >= 0.3 is 5.97 Å². The number of hydrogen-bond acceptors (Lipinski definition) is 4. The summed E-state index contributed by atoms with van der Waals surface area (Å²) in [5, 5.41) is 4.43. The summed E-state index contributed by atoms with van der Waals surface area (Å²) in [4.78, 5) is 25.2. The zero-order chi connectivity index (χ0) is 17.9. The lowest BCUT2D eigenvalue weighted by Gasteiger charge is -2.10. The second-order valence-electron chi connectivity index (χ2n) is 6.05. The van der Waals surface area contributed by atoms with Crippen molar-refractivity contribution in [3.05, 3.63) is 52.3 Å². The van der Waals surface area contributed by atoms with E-state index < -0.39 is 5.97 Å². The van der Waals surface area contributed by atoms with Gasteiger partial charge in [-0.05, 0) is 26.3 Å². The molecule has 0 saturated carbocycles. The van der Waals surface area contributed by atoms with Crippen molar-refractivity contribution in [2.45, 2.75) is 27.3 Å². The summed E-state index contributed by atoms with van der Waals surface area (Å²) in [6.07, 6.45) is 0. The van der Waals surface area contributed by atoms with Crippen LogP contribution in [0.15, 0.2) is 24.3 Å². The highest BCUT2D eigenvalue weighted by Gasteiger charge is 2.21. The van der Waals surface area contributed by atoms with Crippen LogP contribution >= 0.6 is 0 Å². The van der Waals surface area contributed by atoms with Crippen molar-refractivity contribution in [3.8, 4) is 0 Å². The van der Waals surface area contributed by atoms with E-state index in [2.05, 4.69) is 5.10 Å². The minimum absolute atomic E-state index is 0.259. The molecule has 6 heteroatoms. The first-order valence-corrected chi connectivity index (χ1v) is 7.76. The molecule has 2 rings (SSSR count). The summed E-state index contributed by atoms with van der Waals surface area (Å²) in [5.41, 5.74) is 4.06. The monoisotopic (exact) mass is 329 g/mol. The molecule has 0 radical (unpaired) electrons. The molecule has 0 unspecified atom stereocenters. The number of rotatable bonds is 5. The van der Waals surface area contributed by atoms with Crippen LogP contribution in [0, 0.1) is 20.8 Å². The number of carbonyl (C=O) groups excluding carboxylic acids is 2. The number of amides is 1. The lowest BCUT2D eigenvalue weighted by atomic mass is 10.1. The fourth-order valence-electron chi connectivity index (χ4n) is 2.34. The lowest BCUT2D eigenvalue weighted by Crippen LogP contribution is -2.27. The van der Waals surface area contributed by atoms with Crippen LogP contribution < -0.4 is 0 Å². The number of aryl methyl sites for hydroxylation is 2. The maximum atomic E-state index is 12.3. The second kappa shape index (κ2) is 7.29. The lowest BCUT2D eigenvalue weighted by molar-refractivity contribution is -0.131. The number of benzene rings is 1. The van der Waals surface area contributed by atoms with Gasteiger partial charge in [0.25, 0.3) is 5.91 Å².